The van der Waals surface area contributed by atoms with Crippen LogP contribution in [0.3, 0.4) is 0 Å². The average Bonchev–Trinajstić information content (AvgIpc) is 2.16. The SMILES string of the molecule is N#CC=Cc1cc([N+](=O)[O-])c(O)cc1F. The fourth-order valence-electron chi connectivity index (χ4n) is 0.968. The van der Waals surface area contributed by atoms with Crippen molar-refractivity contribution >= 4 is 11.8 Å². The molecule has 0 saturated heterocycles. The largest absolute Gasteiger partial charge is 0.502 e. The number of aromatic hydroxyl groups is 1. The van der Waals surface area contributed by atoms with E-state index in [9.17, 15) is 14.5 Å². The Kier molecular flexibility index (Phi) is 2.98. The van der Waals surface area contributed by atoms with E-state index < -0.39 is 22.2 Å². The van der Waals surface area contributed by atoms with Crippen LogP contribution in [0.15, 0.2) is 18.2 Å². The Balaban J connectivity index is 3.31. The number of nitriles is 1. The summed E-state index contributed by atoms with van der Waals surface area (Å²) in [5.74, 6) is -1.57. The van der Waals surface area contributed by atoms with E-state index in [0.717, 1.165) is 18.2 Å². The second kappa shape index (κ2) is 4.19. The number of nitro groups is 1. The molecule has 0 bridgehead atoms. The summed E-state index contributed by atoms with van der Waals surface area (Å²) in [6, 6.07) is 3.12. The van der Waals surface area contributed by atoms with Crippen molar-refractivity contribution in [3.05, 3.63) is 39.7 Å². The zero-order valence-electron chi connectivity index (χ0n) is 7.35. The molecule has 1 N–H and O–H groups in total. The number of benzene rings is 1. The van der Waals surface area contributed by atoms with Gasteiger partial charge in [-0.3, -0.25) is 10.1 Å². The number of nitro benzene ring substituents is 1. The molecule has 5 nitrogen and oxygen atoms in total. The number of hydrogen-bond donors (Lipinski definition) is 1. The van der Waals surface area contributed by atoms with Gasteiger partial charge in [0.25, 0.3) is 0 Å². The predicted octanol–water partition coefficient (Wildman–Crippen LogP) is 1.98. The predicted molar refractivity (Wildman–Crippen MR) is 49.4 cm³/mol. The summed E-state index contributed by atoms with van der Waals surface area (Å²) in [6.45, 7) is 0. The van der Waals surface area contributed by atoms with Gasteiger partial charge in [-0.15, -0.1) is 0 Å². The molecular weight excluding hydrogens is 203 g/mol. The highest BCUT2D eigenvalue weighted by Gasteiger charge is 2.16. The highest BCUT2D eigenvalue weighted by molar-refractivity contribution is 5.60. The molecule has 15 heavy (non-hydrogen) atoms. The monoisotopic (exact) mass is 208 g/mol. The Morgan fingerprint density at radius 3 is 2.80 bits per heavy atom. The topological polar surface area (TPSA) is 87.2 Å². The van der Waals surface area contributed by atoms with E-state index in [2.05, 4.69) is 0 Å². The molecule has 1 aromatic rings. The van der Waals surface area contributed by atoms with Gasteiger partial charge in [0, 0.05) is 23.8 Å². The molecule has 0 spiro atoms. The minimum atomic E-state index is -0.835. The lowest BCUT2D eigenvalue weighted by Gasteiger charge is -1.99. The third-order valence-corrected chi connectivity index (χ3v) is 1.63. The van der Waals surface area contributed by atoms with Crippen LogP contribution in [0.4, 0.5) is 10.1 Å². The Morgan fingerprint density at radius 1 is 1.60 bits per heavy atom. The van der Waals surface area contributed by atoms with E-state index in [1.807, 2.05) is 0 Å². The zero-order valence-corrected chi connectivity index (χ0v) is 7.35. The van der Waals surface area contributed by atoms with Gasteiger partial charge in [-0.2, -0.15) is 5.26 Å². The molecule has 76 valence electrons. The van der Waals surface area contributed by atoms with Crippen molar-refractivity contribution < 1.29 is 14.4 Å². The first-order chi connectivity index (χ1) is 7.06. The van der Waals surface area contributed by atoms with Gasteiger partial charge in [-0.05, 0) is 6.08 Å². The second-order valence-electron chi connectivity index (χ2n) is 2.58. The van der Waals surface area contributed by atoms with Crippen LogP contribution in [0.2, 0.25) is 0 Å². The minimum Gasteiger partial charge on any atom is -0.502 e. The summed E-state index contributed by atoms with van der Waals surface area (Å²) >= 11 is 0. The van der Waals surface area contributed by atoms with Crippen molar-refractivity contribution in [2.75, 3.05) is 0 Å². The Bertz CT molecular complexity index is 477. The van der Waals surface area contributed by atoms with Crippen molar-refractivity contribution in [1.29, 1.82) is 5.26 Å². The van der Waals surface area contributed by atoms with Crippen LogP contribution in [0.25, 0.3) is 6.08 Å². The van der Waals surface area contributed by atoms with E-state index in [-0.39, 0.29) is 5.56 Å². The van der Waals surface area contributed by atoms with Gasteiger partial charge < -0.3 is 5.11 Å². The maximum absolute atomic E-state index is 13.1. The molecule has 1 aromatic carbocycles. The van der Waals surface area contributed by atoms with E-state index in [1.54, 1.807) is 6.07 Å². The molecule has 1 rings (SSSR count). The van der Waals surface area contributed by atoms with Gasteiger partial charge >= 0.3 is 5.69 Å². The van der Waals surface area contributed by atoms with E-state index >= 15 is 0 Å². The third kappa shape index (κ3) is 2.28. The second-order valence-corrected chi connectivity index (χ2v) is 2.58. The van der Waals surface area contributed by atoms with Gasteiger partial charge in [-0.25, -0.2) is 4.39 Å². The molecule has 0 aliphatic heterocycles. The molecule has 0 heterocycles. The summed E-state index contributed by atoms with van der Waals surface area (Å²) in [5.41, 5.74) is -0.727. The minimum absolute atomic E-state index is 0.124. The lowest BCUT2D eigenvalue weighted by molar-refractivity contribution is -0.385. The first-order valence-electron chi connectivity index (χ1n) is 3.79. The molecule has 0 aromatic heterocycles. The number of phenolic OH excluding ortho intramolecular Hbond substituents is 1. The van der Waals surface area contributed by atoms with Crippen molar-refractivity contribution in [3.63, 3.8) is 0 Å². The molecule has 6 heteroatoms. The number of hydrogen-bond acceptors (Lipinski definition) is 4. The first-order valence-corrected chi connectivity index (χ1v) is 3.79. The van der Waals surface area contributed by atoms with Gasteiger partial charge in [-0.1, -0.05) is 0 Å². The van der Waals surface area contributed by atoms with Crippen LogP contribution in [0.1, 0.15) is 5.56 Å². The van der Waals surface area contributed by atoms with Crippen molar-refractivity contribution in [2.24, 2.45) is 0 Å². The van der Waals surface area contributed by atoms with Crippen LogP contribution < -0.4 is 0 Å². The van der Waals surface area contributed by atoms with Crippen LogP contribution >= 0.6 is 0 Å². The van der Waals surface area contributed by atoms with E-state index in [4.69, 9.17) is 10.4 Å². The average molecular weight is 208 g/mol. The molecule has 0 atom stereocenters. The third-order valence-electron chi connectivity index (χ3n) is 1.63. The van der Waals surface area contributed by atoms with Gasteiger partial charge in [0.1, 0.15) is 5.82 Å². The van der Waals surface area contributed by atoms with Crippen molar-refractivity contribution in [2.45, 2.75) is 0 Å². The maximum atomic E-state index is 13.1. The van der Waals surface area contributed by atoms with E-state index in [0.29, 0.717) is 6.07 Å². The Morgan fingerprint density at radius 2 is 2.27 bits per heavy atom. The zero-order chi connectivity index (χ0) is 11.4. The standard InChI is InChI=1S/C9H5FN2O3/c10-7-5-9(13)8(12(14)15)4-6(7)2-1-3-11/h1-2,4-5,13H. The smallest absolute Gasteiger partial charge is 0.311 e. The molecule has 0 radical (unpaired) electrons. The lowest BCUT2D eigenvalue weighted by atomic mass is 10.1. The fraction of sp³-hybridized carbons (Fsp3) is 0. The number of nitrogens with zero attached hydrogens (tertiary/aromatic N) is 2. The molecule has 0 aliphatic carbocycles. The van der Waals surface area contributed by atoms with Gasteiger partial charge in [0.2, 0.25) is 0 Å². The molecule has 0 unspecified atom stereocenters. The van der Waals surface area contributed by atoms with Crippen LogP contribution in [0.5, 0.6) is 5.75 Å². The number of rotatable bonds is 2. The fourth-order valence-corrected chi connectivity index (χ4v) is 0.968. The lowest BCUT2D eigenvalue weighted by Crippen LogP contribution is -1.91. The first kappa shape index (κ1) is 10.7. The molecular formula is C9H5FN2O3. The normalized spacial score (nSPS) is 10.1. The molecule has 0 fully saturated rings. The Labute approximate surface area is 83.8 Å². The van der Waals surface area contributed by atoms with Gasteiger partial charge in [0.15, 0.2) is 5.75 Å². The van der Waals surface area contributed by atoms with Crippen molar-refractivity contribution in [3.8, 4) is 11.8 Å². The van der Waals surface area contributed by atoms with Crippen LogP contribution in [-0.4, -0.2) is 10.0 Å². The summed E-state index contributed by atoms with van der Waals surface area (Å²) < 4.78 is 13.1. The van der Waals surface area contributed by atoms with Crippen molar-refractivity contribution in [1.82, 2.24) is 0 Å². The molecule has 0 amide bonds. The summed E-state index contributed by atoms with van der Waals surface area (Å²) in [4.78, 5) is 9.56. The number of phenols is 1. The highest BCUT2D eigenvalue weighted by atomic mass is 19.1. The summed E-state index contributed by atoms with van der Waals surface area (Å²) in [6.07, 6.45) is 2.07. The maximum Gasteiger partial charge on any atom is 0.311 e. The molecule has 0 aliphatic rings. The quantitative estimate of drug-likeness (QED) is 0.457. The van der Waals surface area contributed by atoms with E-state index in [1.165, 1.54) is 0 Å². The van der Waals surface area contributed by atoms with Crippen LogP contribution in [-0.2, 0) is 0 Å². The van der Waals surface area contributed by atoms with Crippen LogP contribution in [0, 0.1) is 27.3 Å². The summed E-state index contributed by atoms with van der Waals surface area (Å²) in [7, 11) is 0. The Hall–Kier alpha value is -2.42. The number of allylic oxidation sites excluding steroid dienone is 1. The highest BCUT2D eigenvalue weighted by Crippen LogP contribution is 2.29. The summed E-state index contributed by atoms with van der Waals surface area (Å²) in [5, 5.41) is 27.6. The number of halogens is 1. The van der Waals surface area contributed by atoms with Gasteiger partial charge in [0.05, 0.1) is 11.0 Å². The molecule has 0 saturated carbocycles.